The molecular formula is C15H22BNO4. The van der Waals surface area contributed by atoms with Crippen molar-refractivity contribution in [3.63, 3.8) is 0 Å². The maximum Gasteiger partial charge on any atom is 0.496 e. The average molecular weight is 291 g/mol. The molecular weight excluding hydrogens is 269 g/mol. The van der Waals surface area contributed by atoms with E-state index in [1.807, 2.05) is 39.8 Å². The second kappa shape index (κ2) is 5.35. The fourth-order valence-corrected chi connectivity index (χ4v) is 2.16. The smallest absolute Gasteiger partial charge is 0.469 e. The Morgan fingerprint density at radius 1 is 1.24 bits per heavy atom. The number of methoxy groups -OCH3 is 1. The number of benzene rings is 1. The van der Waals surface area contributed by atoms with Gasteiger partial charge in [-0.05, 0) is 39.3 Å². The number of nitrogen functional groups attached to an aromatic ring is 1. The molecule has 6 heteroatoms. The summed E-state index contributed by atoms with van der Waals surface area (Å²) in [5.74, 6) is -0.294. The molecule has 0 radical (unpaired) electrons. The minimum absolute atomic E-state index is 0.199. The molecule has 2 rings (SSSR count). The molecule has 1 aromatic rings. The van der Waals surface area contributed by atoms with Crippen LogP contribution in [0.4, 0.5) is 5.69 Å². The van der Waals surface area contributed by atoms with Gasteiger partial charge in [-0.15, -0.1) is 0 Å². The van der Waals surface area contributed by atoms with Crippen LogP contribution >= 0.6 is 0 Å². The van der Waals surface area contributed by atoms with Gasteiger partial charge in [0.05, 0.1) is 24.7 Å². The first-order chi connectivity index (χ1) is 9.66. The molecule has 1 aliphatic rings. The van der Waals surface area contributed by atoms with Gasteiger partial charge in [0, 0.05) is 11.2 Å². The van der Waals surface area contributed by atoms with Gasteiger partial charge in [0.15, 0.2) is 0 Å². The Bertz CT molecular complexity index is 541. The molecule has 114 valence electrons. The predicted octanol–water partition coefficient (Wildman–Crippen LogP) is 1.28. The van der Waals surface area contributed by atoms with Crippen molar-refractivity contribution in [1.29, 1.82) is 0 Å². The van der Waals surface area contributed by atoms with Gasteiger partial charge in [-0.1, -0.05) is 12.1 Å². The molecule has 1 saturated heterocycles. The number of rotatable bonds is 3. The number of anilines is 1. The van der Waals surface area contributed by atoms with Crippen LogP contribution in [-0.4, -0.2) is 31.4 Å². The molecule has 1 heterocycles. The van der Waals surface area contributed by atoms with Crippen LogP contribution in [0.15, 0.2) is 18.2 Å². The van der Waals surface area contributed by atoms with E-state index in [1.165, 1.54) is 7.11 Å². The summed E-state index contributed by atoms with van der Waals surface area (Å²) >= 11 is 0. The number of nitrogens with two attached hydrogens (primary N) is 1. The van der Waals surface area contributed by atoms with Crippen LogP contribution in [0.25, 0.3) is 0 Å². The van der Waals surface area contributed by atoms with Crippen LogP contribution in [0, 0.1) is 0 Å². The Morgan fingerprint density at radius 2 is 1.81 bits per heavy atom. The molecule has 0 unspecified atom stereocenters. The molecule has 0 aromatic heterocycles. The van der Waals surface area contributed by atoms with Crippen molar-refractivity contribution in [3.05, 3.63) is 23.8 Å². The molecule has 0 aliphatic carbocycles. The summed E-state index contributed by atoms with van der Waals surface area (Å²) in [6.07, 6.45) is 0.199. The van der Waals surface area contributed by atoms with Gasteiger partial charge in [-0.25, -0.2) is 0 Å². The monoisotopic (exact) mass is 291 g/mol. The summed E-state index contributed by atoms with van der Waals surface area (Å²) in [5.41, 5.74) is 7.40. The van der Waals surface area contributed by atoms with E-state index < -0.39 is 18.3 Å². The number of carbonyl (C=O) groups is 1. The molecule has 0 spiro atoms. The molecule has 0 atom stereocenters. The van der Waals surface area contributed by atoms with Crippen molar-refractivity contribution in [2.24, 2.45) is 0 Å². The SMILES string of the molecule is COC(=O)Cc1ccc(B2OC(C)(C)C(C)(C)O2)c(N)c1. The maximum atomic E-state index is 11.3. The van der Waals surface area contributed by atoms with Crippen molar-refractivity contribution in [2.45, 2.75) is 45.3 Å². The van der Waals surface area contributed by atoms with E-state index in [0.717, 1.165) is 11.0 Å². The third-order valence-electron chi connectivity index (χ3n) is 4.23. The summed E-state index contributed by atoms with van der Waals surface area (Å²) in [6.45, 7) is 7.98. The minimum atomic E-state index is -0.498. The number of hydrogen-bond acceptors (Lipinski definition) is 5. The molecule has 1 fully saturated rings. The van der Waals surface area contributed by atoms with E-state index >= 15 is 0 Å². The highest BCUT2D eigenvalue weighted by Gasteiger charge is 2.52. The molecule has 21 heavy (non-hydrogen) atoms. The van der Waals surface area contributed by atoms with Gasteiger partial charge >= 0.3 is 13.1 Å². The van der Waals surface area contributed by atoms with Crippen molar-refractivity contribution < 1.29 is 18.8 Å². The molecule has 2 N–H and O–H groups in total. The Hall–Kier alpha value is -1.53. The third-order valence-corrected chi connectivity index (χ3v) is 4.23. The highest BCUT2D eigenvalue weighted by molar-refractivity contribution is 6.63. The normalized spacial score (nSPS) is 19.6. The van der Waals surface area contributed by atoms with E-state index in [0.29, 0.717) is 5.69 Å². The van der Waals surface area contributed by atoms with Crippen LogP contribution in [-0.2, 0) is 25.3 Å². The summed E-state index contributed by atoms with van der Waals surface area (Å²) < 4.78 is 16.6. The van der Waals surface area contributed by atoms with Crippen molar-refractivity contribution >= 4 is 24.2 Å². The predicted molar refractivity (Wildman–Crippen MR) is 82.3 cm³/mol. The highest BCUT2D eigenvalue weighted by Crippen LogP contribution is 2.36. The Kier molecular flexibility index (Phi) is 4.04. The van der Waals surface area contributed by atoms with Gasteiger partial charge in [0.1, 0.15) is 0 Å². The zero-order valence-electron chi connectivity index (χ0n) is 13.2. The van der Waals surface area contributed by atoms with Gasteiger partial charge < -0.3 is 19.8 Å². The minimum Gasteiger partial charge on any atom is -0.469 e. The van der Waals surface area contributed by atoms with Crippen LogP contribution in [0.1, 0.15) is 33.3 Å². The van der Waals surface area contributed by atoms with Crippen LogP contribution in [0.2, 0.25) is 0 Å². The summed E-state index contributed by atoms with van der Waals surface area (Å²) in [6, 6.07) is 5.45. The van der Waals surface area contributed by atoms with E-state index in [-0.39, 0.29) is 12.4 Å². The second-order valence-electron chi connectivity index (χ2n) is 6.30. The maximum absolute atomic E-state index is 11.3. The third kappa shape index (κ3) is 3.06. The molecule has 0 bridgehead atoms. The van der Waals surface area contributed by atoms with Crippen molar-refractivity contribution in [1.82, 2.24) is 0 Å². The first-order valence-electron chi connectivity index (χ1n) is 6.97. The van der Waals surface area contributed by atoms with Gasteiger partial charge in [0.25, 0.3) is 0 Å². The van der Waals surface area contributed by atoms with Crippen LogP contribution in [0.3, 0.4) is 0 Å². The second-order valence-corrected chi connectivity index (χ2v) is 6.30. The first-order valence-corrected chi connectivity index (χ1v) is 6.97. The van der Waals surface area contributed by atoms with E-state index in [4.69, 9.17) is 15.0 Å². The average Bonchev–Trinajstić information content (AvgIpc) is 2.58. The largest absolute Gasteiger partial charge is 0.496 e. The molecule has 5 nitrogen and oxygen atoms in total. The highest BCUT2D eigenvalue weighted by atomic mass is 16.7. The summed E-state index contributed by atoms with van der Waals surface area (Å²) in [4.78, 5) is 11.3. The van der Waals surface area contributed by atoms with Crippen molar-refractivity contribution in [2.75, 3.05) is 12.8 Å². The fraction of sp³-hybridized carbons (Fsp3) is 0.533. The van der Waals surface area contributed by atoms with Crippen molar-refractivity contribution in [3.8, 4) is 0 Å². The van der Waals surface area contributed by atoms with Gasteiger partial charge in [-0.2, -0.15) is 0 Å². The van der Waals surface area contributed by atoms with E-state index in [2.05, 4.69) is 4.74 Å². The zero-order valence-corrected chi connectivity index (χ0v) is 13.2. The van der Waals surface area contributed by atoms with Gasteiger partial charge in [-0.3, -0.25) is 4.79 Å². The van der Waals surface area contributed by atoms with Gasteiger partial charge in [0.2, 0.25) is 0 Å². The Morgan fingerprint density at radius 3 is 2.29 bits per heavy atom. The lowest BCUT2D eigenvalue weighted by Crippen LogP contribution is -2.41. The summed E-state index contributed by atoms with van der Waals surface area (Å²) in [5, 5.41) is 0. The number of hydrogen-bond donors (Lipinski definition) is 1. The lowest BCUT2D eigenvalue weighted by molar-refractivity contribution is -0.139. The molecule has 1 aromatic carbocycles. The van der Waals surface area contributed by atoms with Crippen LogP contribution in [0.5, 0.6) is 0 Å². The first kappa shape index (κ1) is 15.9. The van der Waals surface area contributed by atoms with Crippen LogP contribution < -0.4 is 11.2 Å². The molecule has 0 amide bonds. The Labute approximate surface area is 125 Å². The quantitative estimate of drug-likeness (QED) is 0.516. The number of esters is 1. The topological polar surface area (TPSA) is 70.8 Å². The zero-order chi connectivity index (χ0) is 15.8. The number of ether oxygens (including phenoxy) is 1. The fourth-order valence-electron chi connectivity index (χ4n) is 2.16. The molecule has 0 saturated carbocycles. The Balaban J connectivity index is 2.21. The molecule has 1 aliphatic heterocycles. The lowest BCUT2D eigenvalue weighted by atomic mass is 9.77. The van der Waals surface area contributed by atoms with E-state index in [1.54, 1.807) is 6.07 Å². The standard InChI is InChI=1S/C15H22BNO4/c1-14(2)15(3,4)21-16(20-14)11-7-6-10(8-12(11)17)9-13(18)19-5/h6-8H,9,17H2,1-5H3. The van der Waals surface area contributed by atoms with E-state index in [9.17, 15) is 4.79 Å². The summed E-state index contributed by atoms with van der Waals surface area (Å²) in [7, 11) is 0.868. The lowest BCUT2D eigenvalue weighted by Gasteiger charge is -2.32. The number of carbonyl (C=O) groups excluding carboxylic acids is 1.